The van der Waals surface area contributed by atoms with E-state index < -0.39 is 0 Å². The molecule has 0 aliphatic rings. The van der Waals surface area contributed by atoms with Crippen LogP contribution in [0.3, 0.4) is 0 Å². The Labute approximate surface area is 138 Å². The van der Waals surface area contributed by atoms with Gasteiger partial charge in [-0.3, -0.25) is 4.98 Å². The largest absolute Gasteiger partial charge is 0.339 e. The lowest BCUT2D eigenvalue weighted by Gasteiger charge is -2.10. The minimum absolute atomic E-state index is 0.335. The van der Waals surface area contributed by atoms with Crippen molar-refractivity contribution in [1.82, 2.24) is 15.0 Å². The normalized spacial score (nSPS) is 10.5. The molecule has 3 aromatic rings. The third kappa shape index (κ3) is 3.35. The molecule has 0 amide bonds. The van der Waals surface area contributed by atoms with E-state index in [1.165, 1.54) is 0 Å². The van der Waals surface area contributed by atoms with Gasteiger partial charge in [0.2, 0.25) is 0 Å². The molecule has 3 rings (SSSR count). The molecule has 0 saturated carbocycles. The molecule has 0 saturated heterocycles. The number of hydrogen-bond acceptors (Lipinski definition) is 4. The summed E-state index contributed by atoms with van der Waals surface area (Å²) in [6.07, 6.45) is 1.68. The molecule has 2 heterocycles. The van der Waals surface area contributed by atoms with Crippen molar-refractivity contribution in [2.75, 3.05) is 5.32 Å². The Kier molecular flexibility index (Phi) is 4.22. The highest BCUT2D eigenvalue weighted by Crippen LogP contribution is 2.27. The SMILES string of the molecule is Cc1ccc(Cl)c(Nc2cc(Cl)nc(-c3ccccn3)n2)c1. The van der Waals surface area contributed by atoms with Gasteiger partial charge in [-0.2, -0.15) is 0 Å². The minimum atomic E-state index is 0.335. The van der Waals surface area contributed by atoms with E-state index in [4.69, 9.17) is 23.2 Å². The van der Waals surface area contributed by atoms with Crippen LogP contribution in [0, 0.1) is 6.92 Å². The van der Waals surface area contributed by atoms with Gasteiger partial charge in [-0.15, -0.1) is 0 Å². The van der Waals surface area contributed by atoms with Crippen molar-refractivity contribution in [3.8, 4) is 11.5 Å². The molecule has 0 atom stereocenters. The van der Waals surface area contributed by atoms with Crippen LogP contribution >= 0.6 is 23.2 Å². The number of aryl methyl sites for hydroxylation is 1. The topological polar surface area (TPSA) is 50.7 Å². The highest BCUT2D eigenvalue weighted by atomic mass is 35.5. The maximum absolute atomic E-state index is 6.19. The summed E-state index contributed by atoms with van der Waals surface area (Å²) in [5, 5.41) is 4.11. The number of hydrogen-bond donors (Lipinski definition) is 1. The molecule has 1 aromatic carbocycles. The zero-order valence-corrected chi connectivity index (χ0v) is 13.2. The highest BCUT2D eigenvalue weighted by Gasteiger charge is 2.08. The van der Waals surface area contributed by atoms with Crippen molar-refractivity contribution in [3.05, 3.63) is 64.4 Å². The van der Waals surface area contributed by atoms with Gasteiger partial charge in [0, 0.05) is 12.3 Å². The van der Waals surface area contributed by atoms with Crippen LogP contribution in [0.15, 0.2) is 48.7 Å². The molecule has 0 unspecified atom stereocenters. The predicted molar refractivity (Wildman–Crippen MR) is 89.7 cm³/mol. The monoisotopic (exact) mass is 330 g/mol. The van der Waals surface area contributed by atoms with Gasteiger partial charge in [0.1, 0.15) is 16.7 Å². The summed E-state index contributed by atoms with van der Waals surface area (Å²) >= 11 is 12.3. The number of pyridine rings is 1. The van der Waals surface area contributed by atoms with Crippen LogP contribution in [0.25, 0.3) is 11.5 Å². The zero-order valence-electron chi connectivity index (χ0n) is 11.7. The van der Waals surface area contributed by atoms with Crippen LogP contribution in [0.4, 0.5) is 11.5 Å². The van der Waals surface area contributed by atoms with E-state index in [1.807, 2.05) is 43.3 Å². The molecule has 2 aromatic heterocycles. The molecule has 1 N–H and O–H groups in total. The number of aromatic nitrogens is 3. The van der Waals surface area contributed by atoms with Crippen LogP contribution in [-0.4, -0.2) is 15.0 Å². The number of benzene rings is 1. The number of halogens is 2. The van der Waals surface area contributed by atoms with Gasteiger partial charge in [-0.1, -0.05) is 35.3 Å². The maximum Gasteiger partial charge on any atom is 0.181 e. The summed E-state index contributed by atoms with van der Waals surface area (Å²) in [6.45, 7) is 1.99. The highest BCUT2D eigenvalue weighted by molar-refractivity contribution is 6.33. The Morgan fingerprint density at radius 3 is 2.64 bits per heavy atom. The van der Waals surface area contributed by atoms with Crippen molar-refractivity contribution in [2.45, 2.75) is 6.92 Å². The molecular weight excluding hydrogens is 319 g/mol. The van der Waals surface area contributed by atoms with Gasteiger partial charge in [-0.05, 0) is 36.8 Å². The molecule has 0 fully saturated rings. The second-order valence-electron chi connectivity index (χ2n) is 4.72. The van der Waals surface area contributed by atoms with Gasteiger partial charge >= 0.3 is 0 Å². The molecule has 4 nitrogen and oxygen atoms in total. The molecule has 6 heteroatoms. The molecule has 0 bridgehead atoms. The third-order valence-electron chi connectivity index (χ3n) is 2.97. The molecule has 0 aliphatic heterocycles. The second-order valence-corrected chi connectivity index (χ2v) is 5.52. The Balaban J connectivity index is 1.98. The lowest BCUT2D eigenvalue weighted by molar-refractivity contribution is 1.14. The molecule has 0 radical (unpaired) electrons. The Morgan fingerprint density at radius 2 is 1.86 bits per heavy atom. The zero-order chi connectivity index (χ0) is 15.5. The average molecular weight is 331 g/mol. The smallest absolute Gasteiger partial charge is 0.181 e. The van der Waals surface area contributed by atoms with Gasteiger partial charge < -0.3 is 5.32 Å². The van der Waals surface area contributed by atoms with Crippen molar-refractivity contribution >= 4 is 34.7 Å². The average Bonchev–Trinajstić information content (AvgIpc) is 2.51. The quantitative estimate of drug-likeness (QED) is 0.694. The van der Waals surface area contributed by atoms with Gasteiger partial charge in [0.05, 0.1) is 10.7 Å². The van der Waals surface area contributed by atoms with Crippen molar-refractivity contribution in [1.29, 1.82) is 0 Å². The Bertz CT molecular complexity index is 806. The molecule has 0 aliphatic carbocycles. The summed E-state index contributed by atoms with van der Waals surface area (Å²) in [5.74, 6) is 1.02. The number of anilines is 2. The van der Waals surface area contributed by atoms with E-state index in [0.717, 1.165) is 11.3 Å². The number of nitrogens with zero attached hydrogens (tertiary/aromatic N) is 3. The van der Waals surface area contributed by atoms with Gasteiger partial charge in [0.25, 0.3) is 0 Å². The summed E-state index contributed by atoms with van der Waals surface area (Å²) in [5.41, 5.74) is 2.52. The first kappa shape index (κ1) is 14.8. The fourth-order valence-corrected chi connectivity index (χ4v) is 2.31. The summed E-state index contributed by atoms with van der Waals surface area (Å²) in [6, 6.07) is 12.9. The van der Waals surface area contributed by atoms with E-state index in [1.54, 1.807) is 12.3 Å². The van der Waals surface area contributed by atoms with E-state index >= 15 is 0 Å². The molecule has 22 heavy (non-hydrogen) atoms. The third-order valence-corrected chi connectivity index (χ3v) is 3.50. The Morgan fingerprint density at radius 1 is 1.00 bits per heavy atom. The van der Waals surface area contributed by atoms with Crippen LogP contribution < -0.4 is 5.32 Å². The lowest BCUT2D eigenvalue weighted by Crippen LogP contribution is -1.99. The number of nitrogens with one attached hydrogen (secondary N) is 1. The van der Waals surface area contributed by atoms with Crippen molar-refractivity contribution in [3.63, 3.8) is 0 Å². The van der Waals surface area contributed by atoms with E-state index in [2.05, 4.69) is 20.3 Å². The standard InChI is InChI=1S/C16H12Cl2N4/c1-10-5-6-11(17)13(8-10)20-15-9-14(18)21-16(22-15)12-4-2-3-7-19-12/h2-9H,1H3,(H,20,21,22). The molecular formula is C16H12Cl2N4. The van der Waals surface area contributed by atoms with Crippen LogP contribution in [-0.2, 0) is 0 Å². The second kappa shape index (κ2) is 6.30. The summed E-state index contributed by atoms with van der Waals surface area (Å²) < 4.78 is 0. The number of rotatable bonds is 3. The molecule has 110 valence electrons. The first-order chi connectivity index (χ1) is 10.6. The molecule has 0 spiro atoms. The van der Waals surface area contributed by atoms with Crippen LogP contribution in [0.1, 0.15) is 5.56 Å². The van der Waals surface area contributed by atoms with Gasteiger partial charge in [-0.25, -0.2) is 9.97 Å². The first-order valence-electron chi connectivity index (χ1n) is 6.61. The maximum atomic E-state index is 6.19. The Hall–Kier alpha value is -2.17. The van der Waals surface area contributed by atoms with Crippen LogP contribution in [0.2, 0.25) is 10.2 Å². The van der Waals surface area contributed by atoms with Gasteiger partial charge in [0.15, 0.2) is 5.82 Å². The van der Waals surface area contributed by atoms with Crippen molar-refractivity contribution < 1.29 is 0 Å². The fourth-order valence-electron chi connectivity index (χ4n) is 1.96. The summed E-state index contributed by atoms with van der Waals surface area (Å²) in [4.78, 5) is 12.9. The minimum Gasteiger partial charge on any atom is -0.339 e. The summed E-state index contributed by atoms with van der Waals surface area (Å²) in [7, 11) is 0. The van der Waals surface area contributed by atoms with Crippen LogP contribution in [0.5, 0.6) is 0 Å². The predicted octanol–water partition coefficient (Wildman–Crippen LogP) is 4.90. The van der Waals surface area contributed by atoms with E-state index in [-0.39, 0.29) is 0 Å². The van der Waals surface area contributed by atoms with Crippen molar-refractivity contribution in [2.24, 2.45) is 0 Å². The van der Waals surface area contributed by atoms with E-state index in [0.29, 0.717) is 27.5 Å². The first-order valence-corrected chi connectivity index (χ1v) is 7.36. The fraction of sp³-hybridized carbons (Fsp3) is 0.0625. The van der Waals surface area contributed by atoms with E-state index in [9.17, 15) is 0 Å². The lowest BCUT2D eigenvalue weighted by atomic mass is 10.2.